The van der Waals surface area contributed by atoms with E-state index >= 15 is 0 Å². The van der Waals surface area contributed by atoms with E-state index in [1.165, 1.54) is 17.5 Å². The van der Waals surface area contributed by atoms with E-state index < -0.39 is 5.72 Å². The van der Waals surface area contributed by atoms with E-state index in [4.69, 9.17) is 4.74 Å². The summed E-state index contributed by atoms with van der Waals surface area (Å²) in [6.45, 7) is 0.778. The number of rotatable bonds is 2. The van der Waals surface area contributed by atoms with Gasteiger partial charge in [-0.2, -0.15) is 0 Å². The Kier molecular flexibility index (Phi) is 3.85. The Balaban J connectivity index is 1.33. The first-order chi connectivity index (χ1) is 15.3. The first kappa shape index (κ1) is 18.2. The second-order valence-corrected chi connectivity index (χ2v) is 10.3. The Morgan fingerprint density at radius 1 is 0.871 bits per heavy atom. The summed E-state index contributed by atoms with van der Waals surface area (Å²) in [5, 5.41) is 0. The first-order valence-electron chi connectivity index (χ1n) is 12.0. The van der Waals surface area contributed by atoms with Crippen molar-refractivity contribution >= 4 is 5.91 Å². The lowest BCUT2D eigenvalue weighted by atomic mass is 9.68. The van der Waals surface area contributed by atoms with Crippen molar-refractivity contribution in [3.63, 3.8) is 0 Å². The molecule has 0 radical (unpaired) electrons. The topological polar surface area (TPSA) is 29.5 Å². The molecule has 8 atom stereocenters. The van der Waals surface area contributed by atoms with Gasteiger partial charge in [-0.1, -0.05) is 72.8 Å². The molecular formula is C28H29NO2. The highest BCUT2D eigenvalue weighted by atomic mass is 16.5. The summed E-state index contributed by atoms with van der Waals surface area (Å²) in [4.78, 5) is 16.4. The minimum atomic E-state index is -0.579. The maximum Gasteiger partial charge on any atom is 0.228 e. The molecule has 2 saturated heterocycles. The second kappa shape index (κ2) is 6.56. The van der Waals surface area contributed by atoms with E-state index in [0.717, 1.165) is 25.9 Å². The van der Waals surface area contributed by atoms with Crippen LogP contribution in [0.15, 0.2) is 72.8 Å². The molecule has 3 aliphatic carbocycles. The van der Waals surface area contributed by atoms with Gasteiger partial charge in [0.1, 0.15) is 0 Å². The minimum absolute atomic E-state index is 0.0565. The Morgan fingerprint density at radius 3 is 2.42 bits per heavy atom. The quantitative estimate of drug-likeness (QED) is 0.643. The number of amides is 1. The average molecular weight is 412 g/mol. The Labute approximate surface area is 184 Å². The van der Waals surface area contributed by atoms with Crippen LogP contribution in [0.3, 0.4) is 0 Å². The molecule has 0 spiro atoms. The number of hydrogen-bond donors (Lipinski definition) is 0. The van der Waals surface area contributed by atoms with Gasteiger partial charge in [-0.25, -0.2) is 0 Å². The van der Waals surface area contributed by atoms with Crippen LogP contribution in [0.25, 0.3) is 0 Å². The molecule has 4 fully saturated rings. The molecule has 3 nitrogen and oxygen atoms in total. The number of nitrogens with zero attached hydrogens (tertiary/aromatic N) is 1. The first-order valence-corrected chi connectivity index (χ1v) is 12.0. The fraction of sp³-hybridized carbons (Fsp3) is 0.464. The molecule has 2 aromatic carbocycles. The molecule has 2 saturated carbocycles. The summed E-state index contributed by atoms with van der Waals surface area (Å²) in [6.07, 6.45) is 9.07. The van der Waals surface area contributed by atoms with Crippen molar-refractivity contribution < 1.29 is 9.53 Å². The highest BCUT2D eigenvalue weighted by Crippen LogP contribution is 2.62. The van der Waals surface area contributed by atoms with Gasteiger partial charge in [0.05, 0.1) is 6.61 Å². The highest BCUT2D eigenvalue weighted by molar-refractivity contribution is 5.84. The van der Waals surface area contributed by atoms with Gasteiger partial charge < -0.3 is 9.64 Å². The van der Waals surface area contributed by atoms with Crippen LogP contribution in [-0.2, 0) is 15.3 Å². The highest BCUT2D eigenvalue weighted by Gasteiger charge is 2.68. The zero-order valence-corrected chi connectivity index (χ0v) is 17.8. The van der Waals surface area contributed by atoms with Crippen molar-refractivity contribution in [2.24, 2.45) is 29.6 Å². The van der Waals surface area contributed by atoms with E-state index in [0.29, 0.717) is 35.6 Å². The summed E-state index contributed by atoms with van der Waals surface area (Å²) in [6, 6.07) is 21.8. The molecule has 2 bridgehead atoms. The zero-order chi connectivity index (χ0) is 20.6. The van der Waals surface area contributed by atoms with E-state index in [1.807, 2.05) is 0 Å². The van der Waals surface area contributed by atoms with Crippen molar-refractivity contribution in [1.29, 1.82) is 0 Å². The Bertz CT molecular complexity index is 1030. The summed E-state index contributed by atoms with van der Waals surface area (Å²) >= 11 is 0. The number of benzene rings is 2. The Hall–Kier alpha value is -2.39. The van der Waals surface area contributed by atoms with Crippen molar-refractivity contribution in [1.82, 2.24) is 4.90 Å². The summed E-state index contributed by atoms with van der Waals surface area (Å²) in [7, 11) is 0. The molecule has 7 rings (SSSR count). The normalized spacial score (nSPS) is 42.4. The number of carbonyl (C=O) groups excluding carboxylic acids is 1. The molecule has 2 aliphatic heterocycles. The molecular weight excluding hydrogens is 382 g/mol. The molecule has 0 unspecified atom stereocenters. The predicted molar refractivity (Wildman–Crippen MR) is 119 cm³/mol. The van der Waals surface area contributed by atoms with Crippen molar-refractivity contribution in [2.75, 3.05) is 6.61 Å². The van der Waals surface area contributed by atoms with E-state index in [1.54, 1.807) is 0 Å². The van der Waals surface area contributed by atoms with Gasteiger partial charge in [-0.15, -0.1) is 0 Å². The van der Waals surface area contributed by atoms with Crippen LogP contribution in [0.2, 0.25) is 0 Å². The molecule has 0 aromatic heterocycles. The third-order valence-corrected chi connectivity index (χ3v) is 9.09. The maximum absolute atomic E-state index is 14.2. The lowest BCUT2D eigenvalue weighted by Crippen LogP contribution is -2.61. The van der Waals surface area contributed by atoms with Crippen LogP contribution in [0.1, 0.15) is 42.7 Å². The van der Waals surface area contributed by atoms with E-state index in [2.05, 4.69) is 77.7 Å². The predicted octanol–water partition coefficient (Wildman–Crippen LogP) is 5.10. The molecule has 1 amide bonds. The average Bonchev–Trinajstić information content (AvgIpc) is 3.52. The standard InChI is InChI=1S/C28H29NO2/c30-27-23-16-19(18-7-3-1-4-8-18)13-14-25(23)28(22-9-5-2-6-10-22)29(27)26-21-12-11-20(15-21)24(26)17-31-28/h1-12,19-21,23-26H,13-17H2/t19-,20-,21+,23+,24+,25-,26-,28+/m0/s1. The van der Waals surface area contributed by atoms with Crippen molar-refractivity contribution in [3.05, 3.63) is 83.9 Å². The fourth-order valence-electron chi connectivity index (χ4n) is 7.85. The van der Waals surface area contributed by atoms with E-state index in [9.17, 15) is 4.79 Å². The van der Waals surface area contributed by atoms with Gasteiger partial charge >= 0.3 is 0 Å². The number of ether oxygens (including phenoxy) is 1. The monoisotopic (exact) mass is 411 g/mol. The van der Waals surface area contributed by atoms with Gasteiger partial charge in [-0.05, 0) is 49.0 Å². The van der Waals surface area contributed by atoms with Crippen molar-refractivity contribution in [3.8, 4) is 0 Å². The SMILES string of the molecule is O=C1[C@@H]2C[C@@H](c3ccccc3)CC[C@@H]2[C@@]2(c3ccccc3)OC[C@H]3[C@H]([C@@H]4C=C[C@H]3C4)N12. The van der Waals surface area contributed by atoms with Gasteiger partial charge in [0.15, 0.2) is 5.72 Å². The van der Waals surface area contributed by atoms with Crippen LogP contribution in [0.5, 0.6) is 0 Å². The molecule has 0 N–H and O–H groups in total. The van der Waals surface area contributed by atoms with Crippen molar-refractivity contribution in [2.45, 2.75) is 43.4 Å². The summed E-state index contributed by atoms with van der Waals surface area (Å²) in [5.74, 6) is 2.65. The summed E-state index contributed by atoms with van der Waals surface area (Å²) < 4.78 is 6.89. The fourth-order valence-corrected chi connectivity index (χ4v) is 7.85. The van der Waals surface area contributed by atoms with Gasteiger partial charge in [0, 0.05) is 29.4 Å². The summed E-state index contributed by atoms with van der Waals surface area (Å²) in [5.41, 5.74) is 1.98. The van der Waals surface area contributed by atoms with Gasteiger partial charge in [-0.3, -0.25) is 4.79 Å². The number of hydrogen-bond acceptors (Lipinski definition) is 2. The van der Waals surface area contributed by atoms with Crippen LogP contribution in [0.4, 0.5) is 0 Å². The van der Waals surface area contributed by atoms with Crippen LogP contribution in [0, 0.1) is 29.6 Å². The molecule has 5 aliphatic rings. The maximum atomic E-state index is 14.2. The number of carbonyl (C=O) groups is 1. The zero-order valence-electron chi connectivity index (χ0n) is 17.8. The largest absolute Gasteiger partial charge is 0.350 e. The lowest BCUT2D eigenvalue weighted by Gasteiger charge is -2.53. The lowest BCUT2D eigenvalue weighted by molar-refractivity contribution is -0.237. The second-order valence-electron chi connectivity index (χ2n) is 10.3. The molecule has 158 valence electrons. The van der Waals surface area contributed by atoms with Gasteiger partial charge in [0.25, 0.3) is 0 Å². The third-order valence-electron chi connectivity index (χ3n) is 9.09. The molecule has 3 heteroatoms. The third kappa shape index (κ3) is 2.36. The minimum Gasteiger partial charge on any atom is -0.350 e. The smallest absolute Gasteiger partial charge is 0.228 e. The Morgan fingerprint density at radius 2 is 1.61 bits per heavy atom. The van der Waals surface area contributed by atoms with Crippen LogP contribution >= 0.6 is 0 Å². The number of allylic oxidation sites excluding steroid dienone is 1. The van der Waals surface area contributed by atoms with Gasteiger partial charge in [0.2, 0.25) is 5.91 Å². The van der Waals surface area contributed by atoms with Crippen LogP contribution in [-0.4, -0.2) is 23.5 Å². The number of fused-ring (bicyclic) bond motifs is 9. The van der Waals surface area contributed by atoms with E-state index in [-0.39, 0.29) is 11.8 Å². The van der Waals surface area contributed by atoms with Crippen LogP contribution < -0.4 is 0 Å². The molecule has 2 aromatic rings. The molecule has 2 heterocycles. The molecule has 31 heavy (non-hydrogen) atoms.